The number of carbonyl (C=O) groups excluding carboxylic acids is 1. The maximum Gasteiger partial charge on any atom is 0.224 e. The molecule has 1 saturated heterocycles. The molecule has 1 atom stereocenters. The highest BCUT2D eigenvalue weighted by Gasteiger charge is 2.24. The Kier molecular flexibility index (Phi) is 5.84. The fourth-order valence-corrected chi connectivity index (χ4v) is 3.43. The molecule has 0 aliphatic carbocycles. The van der Waals surface area contributed by atoms with Crippen LogP contribution in [0.3, 0.4) is 0 Å². The molecule has 3 rings (SSSR count). The van der Waals surface area contributed by atoms with Gasteiger partial charge in [-0.2, -0.15) is 0 Å². The number of aryl methyl sites for hydroxylation is 1. The molecule has 132 valence electrons. The fraction of sp³-hybridized carbons (Fsp3) is 0.381. The summed E-state index contributed by atoms with van der Waals surface area (Å²) < 4.78 is 0. The smallest absolute Gasteiger partial charge is 0.224 e. The third-order valence-electron chi connectivity index (χ3n) is 4.85. The molecule has 1 fully saturated rings. The number of aliphatic hydroxyl groups is 1. The van der Waals surface area contributed by atoms with Gasteiger partial charge in [-0.05, 0) is 48.6 Å². The summed E-state index contributed by atoms with van der Waals surface area (Å²) in [4.78, 5) is 14.8. The fourth-order valence-electron chi connectivity index (χ4n) is 3.43. The number of aliphatic hydroxyl groups excluding tert-OH is 1. The molecule has 4 heteroatoms. The Hall–Kier alpha value is -2.17. The number of likely N-dealkylation sites (tertiary alicyclic amines) is 1. The molecule has 25 heavy (non-hydrogen) atoms. The van der Waals surface area contributed by atoms with Gasteiger partial charge in [-0.1, -0.05) is 42.5 Å². The lowest BCUT2D eigenvalue weighted by Crippen LogP contribution is -2.22. The molecule has 1 aliphatic heterocycles. The van der Waals surface area contributed by atoms with Gasteiger partial charge in [0.05, 0.1) is 6.61 Å². The highest BCUT2D eigenvalue weighted by molar-refractivity contribution is 5.91. The van der Waals surface area contributed by atoms with Crippen LogP contribution in [0.25, 0.3) is 0 Å². The minimum Gasteiger partial charge on any atom is -0.392 e. The zero-order chi connectivity index (χ0) is 17.6. The van der Waals surface area contributed by atoms with Gasteiger partial charge >= 0.3 is 0 Å². The third kappa shape index (κ3) is 4.91. The lowest BCUT2D eigenvalue weighted by atomic mass is 10.0. The lowest BCUT2D eigenvalue weighted by molar-refractivity contribution is -0.117. The van der Waals surface area contributed by atoms with E-state index >= 15 is 0 Å². The summed E-state index contributed by atoms with van der Waals surface area (Å²) in [5.41, 5.74) is 3.96. The lowest BCUT2D eigenvalue weighted by Gasteiger charge is -2.16. The van der Waals surface area contributed by atoms with E-state index in [9.17, 15) is 9.90 Å². The Labute approximate surface area is 149 Å². The number of nitrogens with one attached hydrogen (secondary N) is 1. The molecular weight excluding hydrogens is 312 g/mol. The number of benzene rings is 2. The molecule has 1 aliphatic rings. The molecule has 1 amide bonds. The predicted molar refractivity (Wildman–Crippen MR) is 100 cm³/mol. The maximum absolute atomic E-state index is 12.4. The molecule has 0 saturated carbocycles. The van der Waals surface area contributed by atoms with Crippen LogP contribution in [0.1, 0.15) is 29.5 Å². The second kappa shape index (κ2) is 8.28. The van der Waals surface area contributed by atoms with E-state index in [-0.39, 0.29) is 12.5 Å². The Bertz CT molecular complexity index is 715. The first kappa shape index (κ1) is 17.6. The highest BCUT2D eigenvalue weighted by atomic mass is 16.3. The Morgan fingerprint density at radius 1 is 1.20 bits per heavy atom. The second-order valence-corrected chi connectivity index (χ2v) is 6.94. The number of hydrogen-bond acceptors (Lipinski definition) is 3. The average Bonchev–Trinajstić information content (AvgIpc) is 3.04. The summed E-state index contributed by atoms with van der Waals surface area (Å²) in [6, 6.07) is 16.1. The molecule has 0 unspecified atom stereocenters. The van der Waals surface area contributed by atoms with Crippen LogP contribution in [-0.2, 0) is 17.9 Å². The van der Waals surface area contributed by atoms with Crippen molar-refractivity contribution >= 4 is 11.6 Å². The van der Waals surface area contributed by atoms with Crippen LogP contribution in [0.5, 0.6) is 0 Å². The number of nitrogens with zero attached hydrogens (tertiary/aromatic N) is 1. The molecule has 2 N–H and O–H groups in total. The van der Waals surface area contributed by atoms with E-state index in [1.54, 1.807) is 0 Å². The van der Waals surface area contributed by atoms with E-state index in [0.29, 0.717) is 12.3 Å². The summed E-state index contributed by atoms with van der Waals surface area (Å²) in [6.45, 7) is 4.93. The van der Waals surface area contributed by atoms with E-state index in [4.69, 9.17) is 0 Å². The van der Waals surface area contributed by atoms with Crippen LogP contribution in [-0.4, -0.2) is 29.0 Å². The van der Waals surface area contributed by atoms with Gasteiger partial charge in [-0.25, -0.2) is 0 Å². The zero-order valence-corrected chi connectivity index (χ0v) is 14.7. The van der Waals surface area contributed by atoms with Gasteiger partial charge in [-0.15, -0.1) is 0 Å². The topological polar surface area (TPSA) is 52.6 Å². The summed E-state index contributed by atoms with van der Waals surface area (Å²) in [6.07, 6.45) is 1.62. The van der Waals surface area contributed by atoms with Gasteiger partial charge < -0.3 is 10.4 Å². The summed E-state index contributed by atoms with van der Waals surface area (Å²) in [5.74, 6) is 0.467. The van der Waals surface area contributed by atoms with Crippen molar-refractivity contribution in [1.29, 1.82) is 0 Å². The van der Waals surface area contributed by atoms with Crippen LogP contribution in [0.4, 0.5) is 5.69 Å². The molecule has 0 bridgehead atoms. The van der Waals surface area contributed by atoms with Gasteiger partial charge in [0.1, 0.15) is 0 Å². The summed E-state index contributed by atoms with van der Waals surface area (Å²) in [5, 5.41) is 12.3. The Balaban J connectivity index is 1.50. The molecule has 0 radical (unpaired) electrons. The standard InChI is InChI=1S/C21H26N2O2/c1-16-7-8-19(15-24)11-20(16)22-21(25)12-18-9-10-23(14-18)13-17-5-3-2-4-6-17/h2-8,11,18,24H,9-10,12-15H2,1H3,(H,22,25)/t18-/m0/s1. The number of amides is 1. The summed E-state index contributed by atoms with van der Waals surface area (Å²) in [7, 11) is 0. The van der Waals surface area contributed by atoms with Crippen LogP contribution in [0.2, 0.25) is 0 Å². The van der Waals surface area contributed by atoms with Gasteiger partial charge in [0.15, 0.2) is 0 Å². The van der Waals surface area contributed by atoms with Crippen molar-refractivity contribution in [3.63, 3.8) is 0 Å². The van der Waals surface area contributed by atoms with Crippen molar-refractivity contribution in [3.8, 4) is 0 Å². The minimum atomic E-state index is -0.0137. The molecule has 0 aromatic heterocycles. The van der Waals surface area contributed by atoms with E-state index in [1.807, 2.05) is 31.2 Å². The monoisotopic (exact) mass is 338 g/mol. The Morgan fingerprint density at radius 2 is 2.00 bits per heavy atom. The first-order chi connectivity index (χ1) is 12.1. The van der Waals surface area contributed by atoms with Crippen molar-refractivity contribution in [2.75, 3.05) is 18.4 Å². The van der Waals surface area contributed by atoms with Crippen LogP contribution in [0.15, 0.2) is 48.5 Å². The van der Waals surface area contributed by atoms with Crippen LogP contribution >= 0.6 is 0 Å². The van der Waals surface area contributed by atoms with Crippen molar-refractivity contribution in [1.82, 2.24) is 4.90 Å². The molecule has 4 nitrogen and oxygen atoms in total. The van der Waals surface area contributed by atoms with Gasteiger partial charge in [-0.3, -0.25) is 9.69 Å². The number of rotatable bonds is 6. The van der Waals surface area contributed by atoms with E-state index in [0.717, 1.165) is 42.9 Å². The normalized spacial score (nSPS) is 17.6. The van der Waals surface area contributed by atoms with Gasteiger partial charge in [0, 0.05) is 25.2 Å². The van der Waals surface area contributed by atoms with Gasteiger partial charge in [0.25, 0.3) is 0 Å². The molecule has 0 spiro atoms. The van der Waals surface area contributed by atoms with E-state index in [2.05, 4.69) is 34.5 Å². The van der Waals surface area contributed by atoms with Crippen molar-refractivity contribution < 1.29 is 9.90 Å². The first-order valence-electron chi connectivity index (χ1n) is 8.90. The number of carbonyl (C=O) groups is 1. The molecule has 2 aromatic carbocycles. The van der Waals surface area contributed by atoms with Crippen LogP contribution < -0.4 is 5.32 Å². The van der Waals surface area contributed by atoms with E-state index in [1.165, 1.54) is 5.56 Å². The largest absolute Gasteiger partial charge is 0.392 e. The number of hydrogen-bond donors (Lipinski definition) is 2. The van der Waals surface area contributed by atoms with E-state index < -0.39 is 0 Å². The van der Waals surface area contributed by atoms with Crippen molar-refractivity contribution in [3.05, 3.63) is 65.2 Å². The third-order valence-corrected chi connectivity index (χ3v) is 4.85. The second-order valence-electron chi connectivity index (χ2n) is 6.94. The first-order valence-corrected chi connectivity index (χ1v) is 8.90. The van der Waals surface area contributed by atoms with Crippen molar-refractivity contribution in [2.24, 2.45) is 5.92 Å². The zero-order valence-electron chi connectivity index (χ0n) is 14.7. The molecular formula is C21H26N2O2. The molecule has 1 heterocycles. The minimum absolute atomic E-state index is 0.0137. The van der Waals surface area contributed by atoms with Crippen LogP contribution in [0, 0.1) is 12.8 Å². The maximum atomic E-state index is 12.4. The molecule has 2 aromatic rings. The summed E-state index contributed by atoms with van der Waals surface area (Å²) >= 11 is 0. The van der Waals surface area contributed by atoms with Gasteiger partial charge in [0.2, 0.25) is 5.91 Å². The predicted octanol–water partition coefficient (Wildman–Crippen LogP) is 3.34. The average molecular weight is 338 g/mol. The quantitative estimate of drug-likeness (QED) is 0.849. The Morgan fingerprint density at radius 3 is 2.76 bits per heavy atom. The highest BCUT2D eigenvalue weighted by Crippen LogP contribution is 2.23. The number of anilines is 1. The van der Waals surface area contributed by atoms with Crippen molar-refractivity contribution in [2.45, 2.75) is 32.9 Å². The SMILES string of the molecule is Cc1ccc(CO)cc1NC(=O)C[C@@H]1CCN(Cc2ccccc2)C1.